The van der Waals surface area contributed by atoms with E-state index in [1.165, 1.54) is 12.1 Å². The minimum absolute atomic E-state index is 0.0195. The highest BCUT2D eigenvalue weighted by atomic mass is 19.4. The van der Waals surface area contributed by atoms with Crippen LogP contribution in [-0.2, 0) is 11.2 Å². The average Bonchev–Trinajstić information content (AvgIpc) is 2.64. The van der Waals surface area contributed by atoms with Gasteiger partial charge in [0.2, 0.25) is 5.91 Å². The molecule has 7 heteroatoms. The Morgan fingerprint density at radius 3 is 2.52 bits per heavy atom. The number of nitrogens with one attached hydrogen (secondary N) is 1. The summed E-state index contributed by atoms with van der Waals surface area (Å²) in [6.07, 6.45) is -0.774. The lowest BCUT2D eigenvalue weighted by molar-refractivity contribution is -0.274. The van der Waals surface area contributed by atoms with Crippen molar-refractivity contribution in [2.45, 2.75) is 56.3 Å². The maximum Gasteiger partial charge on any atom is 0.573 e. The zero-order chi connectivity index (χ0) is 20.6. The van der Waals surface area contributed by atoms with Crippen LogP contribution in [0.15, 0.2) is 42.5 Å². The molecule has 0 aromatic heterocycles. The minimum Gasteiger partial charge on any atom is -0.508 e. The van der Waals surface area contributed by atoms with Crippen LogP contribution in [0.5, 0.6) is 11.5 Å². The van der Waals surface area contributed by atoms with Gasteiger partial charge in [0, 0.05) is 6.04 Å². The summed E-state index contributed by atoms with van der Waals surface area (Å²) in [5.41, 5.74) is 2.72. The van der Waals surface area contributed by atoms with Crippen LogP contribution in [0.3, 0.4) is 0 Å². The zero-order valence-electron chi connectivity index (χ0n) is 15.7. The fourth-order valence-corrected chi connectivity index (χ4v) is 4.35. The fourth-order valence-electron chi connectivity index (χ4n) is 4.35. The third-order valence-corrected chi connectivity index (χ3v) is 5.87. The van der Waals surface area contributed by atoms with Crippen LogP contribution in [0.25, 0.3) is 0 Å². The van der Waals surface area contributed by atoms with Crippen LogP contribution in [0.1, 0.15) is 54.2 Å². The Kier molecular flexibility index (Phi) is 5.15. The molecular weight excluding hydrogens is 383 g/mol. The first-order chi connectivity index (χ1) is 13.8. The second-order valence-corrected chi connectivity index (χ2v) is 7.78. The molecule has 1 saturated carbocycles. The van der Waals surface area contributed by atoms with Crippen molar-refractivity contribution in [2.24, 2.45) is 0 Å². The normalized spacial score (nSPS) is 23.6. The van der Waals surface area contributed by atoms with Crippen molar-refractivity contribution < 1.29 is 27.8 Å². The first-order valence-electron chi connectivity index (χ1n) is 9.77. The number of phenolic OH excluding ortho intramolecular Hbond substituents is 1. The van der Waals surface area contributed by atoms with Gasteiger partial charge in [0.1, 0.15) is 11.5 Å². The molecule has 0 bridgehead atoms. The van der Waals surface area contributed by atoms with Crippen LogP contribution in [0, 0.1) is 0 Å². The molecule has 1 atom stereocenters. The Hall–Kier alpha value is -2.70. The molecule has 4 rings (SSSR count). The summed E-state index contributed by atoms with van der Waals surface area (Å²) in [6, 6.07) is 11.3. The van der Waals surface area contributed by atoms with E-state index in [9.17, 15) is 23.1 Å². The lowest BCUT2D eigenvalue weighted by atomic mass is 9.75. The van der Waals surface area contributed by atoms with E-state index in [1.54, 1.807) is 24.3 Å². The predicted octanol–water partition coefficient (Wildman–Crippen LogP) is 4.77. The number of carbonyl (C=O) groups excluding carboxylic acids is 1. The first-order valence-corrected chi connectivity index (χ1v) is 9.77. The number of hydrogen-bond donors (Lipinski definition) is 2. The van der Waals surface area contributed by atoms with Crippen molar-refractivity contribution in [1.29, 1.82) is 0 Å². The van der Waals surface area contributed by atoms with Gasteiger partial charge in [0.05, 0.1) is 5.92 Å². The molecule has 4 nitrogen and oxygen atoms in total. The quantitative estimate of drug-likeness (QED) is 0.770. The number of amides is 1. The van der Waals surface area contributed by atoms with Gasteiger partial charge in [-0.15, -0.1) is 13.2 Å². The van der Waals surface area contributed by atoms with Gasteiger partial charge in [0.15, 0.2) is 0 Å². The number of benzene rings is 2. The van der Waals surface area contributed by atoms with Crippen LogP contribution in [-0.4, -0.2) is 23.4 Å². The summed E-state index contributed by atoms with van der Waals surface area (Å²) in [5.74, 6) is -0.0353. The number of carbonyl (C=O) groups is 1. The molecule has 2 aliphatic carbocycles. The highest BCUT2D eigenvalue weighted by molar-refractivity contribution is 5.85. The Bertz CT molecular complexity index is 889. The van der Waals surface area contributed by atoms with Gasteiger partial charge in [-0.3, -0.25) is 4.79 Å². The summed E-state index contributed by atoms with van der Waals surface area (Å²) >= 11 is 0. The Labute approximate surface area is 166 Å². The number of hydrogen-bond acceptors (Lipinski definition) is 3. The van der Waals surface area contributed by atoms with E-state index in [2.05, 4.69) is 10.1 Å². The SMILES string of the molecule is O=C(NC1CC(c2ccc(OC(F)(F)F)cc2)C1)C1CCCc2c(O)cccc21. The monoisotopic (exact) mass is 405 g/mol. The predicted molar refractivity (Wildman–Crippen MR) is 101 cm³/mol. The molecule has 2 aromatic carbocycles. The molecule has 1 unspecified atom stereocenters. The number of fused-ring (bicyclic) bond motifs is 1. The summed E-state index contributed by atoms with van der Waals surface area (Å²) < 4.78 is 40.6. The number of halogens is 3. The largest absolute Gasteiger partial charge is 0.573 e. The highest BCUT2D eigenvalue weighted by Crippen LogP contribution is 2.40. The summed E-state index contributed by atoms with van der Waals surface area (Å²) in [6.45, 7) is 0. The van der Waals surface area contributed by atoms with Crippen molar-refractivity contribution in [2.75, 3.05) is 0 Å². The summed E-state index contributed by atoms with van der Waals surface area (Å²) in [4.78, 5) is 12.8. The van der Waals surface area contributed by atoms with Crippen molar-refractivity contribution in [1.82, 2.24) is 5.32 Å². The summed E-state index contributed by atoms with van der Waals surface area (Å²) in [5, 5.41) is 13.1. The van der Waals surface area contributed by atoms with E-state index in [1.807, 2.05) is 6.07 Å². The van der Waals surface area contributed by atoms with Crippen LogP contribution < -0.4 is 10.1 Å². The third-order valence-electron chi connectivity index (χ3n) is 5.87. The standard InChI is InChI=1S/C22H22F3NO3/c23-22(24,25)29-16-9-7-13(8-10-16)14-11-15(12-14)26-21(28)19-5-1-4-18-17(19)3-2-6-20(18)27/h2-3,6-10,14-15,19,27H,1,4-5,11-12H2,(H,26,28). The fraction of sp³-hybridized carbons (Fsp3) is 0.409. The van der Waals surface area contributed by atoms with E-state index in [0.717, 1.165) is 48.8 Å². The second kappa shape index (κ2) is 7.61. The van der Waals surface area contributed by atoms with Gasteiger partial charge >= 0.3 is 6.36 Å². The van der Waals surface area contributed by atoms with E-state index >= 15 is 0 Å². The van der Waals surface area contributed by atoms with Crippen molar-refractivity contribution in [3.63, 3.8) is 0 Å². The molecule has 0 aliphatic heterocycles. The van der Waals surface area contributed by atoms with E-state index in [0.29, 0.717) is 0 Å². The number of alkyl halides is 3. The second-order valence-electron chi connectivity index (χ2n) is 7.78. The smallest absolute Gasteiger partial charge is 0.508 e. The molecule has 0 radical (unpaired) electrons. The van der Waals surface area contributed by atoms with E-state index in [4.69, 9.17) is 0 Å². The highest BCUT2D eigenvalue weighted by Gasteiger charge is 2.35. The minimum atomic E-state index is -4.69. The van der Waals surface area contributed by atoms with Crippen LogP contribution in [0.2, 0.25) is 0 Å². The van der Waals surface area contributed by atoms with Gasteiger partial charge in [0.25, 0.3) is 0 Å². The lowest BCUT2D eigenvalue weighted by Gasteiger charge is -2.37. The van der Waals surface area contributed by atoms with Crippen LogP contribution >= 0.6 is 0 Å². The van der Waals surface area contributed by atoms with Gasteiger partial charge < -0.3 is 15.2 Å². The van der Waals surface area contributed by atoms with E-state index in [-0.39, 0.29) is 35.3 Å². The number of phenols is 1. The van der Waals surface area contributed by atoms with Gasteiger partial charge in [-0.25, -0.2) is 0 Å². The maximum absolute atomic E-state index is 12.8. The molecule has 154 valence electrons. The van der Waals surface area contributed by atoms with Gasteiger partial charge in [-0.2, -0.15) is 0 Å². The van der Waals surface area contributed by atoms with Gasteiger partial charge in [-0.05, 0) is 72.9 Å². The average molecular weight is 405 g/mol. The first kappa shape index (κ1) is 19.6. The molecule has 1 amide bonds. The number of ether oxygens (including phenoxy) is 1. The molecule has 0 saturated heterocycles. The molecule has 2 aromatic rings. The van der Waals surface area contributed by atoms with Crippen molar-refractivity contribution >= 4 is 5.91 Å². The third kappa shape index (κ3) is 4.33. The van der Waals surface area contributed by atoms with Gasteiger partial charge in [-0.1, -0.05) is 24.3 Å². The molecule has 0 spiro atoms. The number of rotatable bonds is 4. The number of aromatic hydroxyl groups is 1. The molecular formula is C22H22F3NO3. The Balaban J connectivity index is 1.32. The molecule has 2 N–H and O–H groups in total. The molecule has 2 aliphatic rings. The Morgan fingerprint density at radius 2 is 1.83 bits per heavy atom. The molecule has 29 heavy (non-hydrogen) atoms. The topological polar surface area (TPSA) is 58.6 Å². The Morgan fingerprint density at radius 1 is 1.10 bits per heavy atom. The van der Waals surface area contributed by atoms with E-state index < -0.39 is 6.36 Å². The lowest BCUT2D eigenvalue weighted by Crippen LogP contribution is -2.45. The molecule has 0 heterocycles. The maximum atomic E-state index is 12.8. The van der Waals surface area contributed by atoms with Crippen molar-refractivity contribution in [3.8, 4) is 11.5 Å². The molecule has 1 fully saturated rings. The van der Waals surface area contributed by atoms with Crippen molar-refractivity contribution in [3.05, 3.63) is 59.2 Å². The zero-order valence-corrected chi connectivity index (χ0v) is 15.7. The van der Waals surface area contributed by atoms with Crippen LogP contribution in [0.4, 0.5) is 13.2 Å². The summed E-state index contributed by atoms with van der Waals surface area (Å²) in [7, 11) is 0.